The van der Waals surface area contributed by atoms with Crippen LogP contribution in [0.25, 0.3) is 0 Å². The fraction of sp³-hybridized carbons (Fsp3) is 0.333. The van der Waals surface area contributed by atoms with Crippen molar-refractivity contribution in [1.29, 1.82) is 0 Å². The monoisotopic (exact) mass is 281 g/mol. The van der Waals surface area contributed by atoms with Gasteiger partial charge in [-0.25, -0.2) is 4.68 Å². The predicted molar refractivity (Wildman–Crippen MR) is 67.5 cm³/mol. The van der Waals surface area contributed by atoms with Crippen molar-refractivity contribution in [2.24, 2.45) is 0 Å². The van der Waals surface area contributed by atoms with Gasteiger partial charge in [-0.1, -0.05) is 16.8 Å². The van der Waals surface area contributed by atoms with Gasteiger partial charge >= 0.3 is 0 Å². The molecule has 3 rings (SSSR count). The van der Waals surface area contributed by atoms with Crippen molar-refractivity contribution >= 4 is 11.6 Å². The van der Waals surface area contributed by atoms with Gasteiger partial charge in [0.25, 0.3) is 0 Å². The molecule has 7 heteroatoms. The van der Waals surface area contributed by atoms with Crippen LogP contribution in [0.4, 0.5) is 0 Å². The second kappa shape index (κ2) is 5.07. The average molecular weight is 282 g/mol. The Morgan fingerprint density at radius 3 is 3.11 bits per heavy atom. The lowest BCUT2D eigenvalue weighted by Gasteiger charge is -2.04. The standard InChI is InChI=1S/C12H12ClN3O3/c13-10-3-8(4-11-12(10)19-7-18-11)5-16-6-9(1-2-17)14-15-16/h3-4,6,17H,1-2,5,7H2. The Labute approximate surface area is 114 Å². The topological polar surface area (TPSA) is 69.4 Å². The molecular formula is C12H12ClN3O3. The molecule has 1 aliphatic rings. The van der Waals surface area contributed by atoms with Gasteiger partial charge in [0.2, 0.25) is 6.79 Å². The van der Waals surface area contributed by atoms with Gasteiger partial charge in [0, 0.05) is 19.2 Å². The molecule has 0 saturated carbocycles. The number of hydrogen-bond acceptors (Lipinski definition) is 5. The first-order valence-electron chi connectivity index (χ1n) is 5.84. The van der Waals surface area contributed by atoms with E-state index < -0.39 is 0 Å². The van der Waals surface area contributed by atoms with Crippen molar-refractivity contribution in [3.05, 3.63) is 34.6 Å². The SMILES string of the molecule is OCCc1cn(Cc2cc(Cl)c3c(c2)OCO3)nn1. The second-order valence-corrected chi connectivity index (χ2v) is 4.60. The Hall–Kier alpha value is -1.79. The normalized spacial score (nSPS) is 12.9. The molecule has 19 heavy (non-hydrogen) atoms. The minimum absolute atomic E-state index is 0.0640. The van der Waals surface area contributed by atoms with E-state index in [1.54, 1.807) is 10.9 Å². The number of aromatic nitrogens is 3. The van der Waals surface area contributed by atoms with E-state index in [-0.39, 0.29) is 13.4 Å². The van der Waals surface area contributed by atoms with Crippen LogP contribution in [-0.4, -0.2) is 33.5 Å². The number of benzene rings is 1. The van der Waals surface area contributed by atoms with Crippen LogP contribution in [-0.2, 0) is 13.0 Å². The lowest BCUT2D eigenvalue weighted by atomic mass is 10.2. The second-order valence-electron chi connectivity index (χ2n) is 4.19. The third kappa shape index (κ3) is 2.50. The highest BCUT2D eigenvalue weighted by atomic mass is 35.5. The lowest BCUT2D eigenvalue weighted by Crippen LogP contribution is -2.00. The van der Waals surface area contributed by atoms with Gasteiger partial charge in [0.15, 0.2) is 11.5 Å². The quantitative estimate of drug-likeness (QED) is 0.913. The first-order valence-corrected chi connectivity index (χ1v) is 6.22. The summed E-state index contributed by atoms with van der Waals surface area (Å²) in [6, 6.07) is 3.70. The van der Waals surface area contributed by atoms with E-state index in [0.717, 1.165) is 11.3 Å². The van der Waals surface area contributed by atoms with E-state index in [9.17, 15) is 0 Å². The number of aliphatic hydroxyl groups excluding tert-OH is 1. The fourth-order valence-electron chi connectivity index (χ4n) is 1.94. The van der Waals surface area contributed by atoms with E-state index in [1.807, 2.05) is 12.1 Å². The molecule has 2 heterocycles. The molecule has 0 aliphatic carbocycles. The number of fused-ring (bicyclic) bond motifs is 1. The van der Waals surface area contributed by atoms with Crippen molar-refractivity contribution in [3.63, 3.8) is 0 Å². The maximum absolute atomic E-state index is 8.84. The lowest BCUT2D eigenvalue weighted by molar-refractivity contribution is 0.174. The highest BCUT2D eigenvalue weighted by Gasteiger charge is 2.18. The average Bonchev–Trinajstić information content (AvgIpc) is 2.99. The molecule has 0 saturated heterocycles. The molecule has 0 atom stereocenters. The first-order chi connectivity index (χ1) is 9.26. The smallest absolute Gasteiger partial charge is 0.231 e. The summed E-state index contributed by atoms with van der Waals surface area (Å²) in [5.74, 6) is 1.24. The van der Waals surface area contributed by atoms with Crippen LogP contribution < -0.4 is 9.47 Å². The number of aliphatic hydroxyl groups is 1. The molecule has 1 aromatic carbocycles. The molecular weight excluding hydrogens is 270 g/mol. The van der Waals surface area contributed by atoms with Gasteiger partial charge in [0.05, 0.1) is 17.3 Å². The Bertz CT molecular complexity index is 600. The summed E-state index contributed by atoms with van der Waals surface area (Å²) >= 11 is 6.11. The molecule has 100 valence electrons. The third-order valence-corrected chi connectivity index (χ3v) is 3.07. The minimum Gasteiger partial charge on any atom is -0.454 e. The van der Waals surface area contributed by atoms with Crippen molar-refractivity contribution in [1.82, 2.24) is 15.0 Å². The van der Waals surface area contributed by atoms with E-state index in [0.29, 0.717) is 29.5 Å². The van der Waals surface area contributed by atoms with Gasteiger partial charge < -0.3 is 14.6 Å². The van der Waals surface area contributed by atoms with Crippen molar-refractivity contribution < 1.29 is 14.6 Å². The molecule has 6 nitrogen and oxygen atoms in total. The van der Waals surface area contributed by atoms with Crippen LogP contribution in [0.5, 0.6) is 11.5 Å². The number of ether oxygens (including phenoxy) is 2. The van der Waals surface area contributed by atoms with Crippen LogP contribution in [0.3, 0.4) is 0 Å². The molecule has 0 amide bonds. The summed E-state index contributed by atoms with van der Waals surface area (Å²) in [5, 5.41) is 17.3. The number of halogens is 1. The van der Waals surface area contributed by atoms with Gasteiger partial charge in [0.1, 0.15) is 0 Å². The first kappa shape index (κ1) is 12.3. The Kier molecular flexibility index (Phi) is 3.27. The third-order valence-electron chi connectivity index (χ3n) is 2.79. The summed E-state index contributed by atoms with van der Waals surface area (Å²) in [4.78, 5) is 0. The summed E-state index contributed by atoms with van der Waals surface area (Å²) in [5.41, 5.74) is 1.71. The molecule has 1 aromatic heterocycles. The number of nitrogens with zero attached hydrogens (tertiary/aromatic N) is 3. The van der Waals surface area contributed by atoms with Crippen molar-refractivity contribution in [2.45, 2.75) is 13.0 Å². The molecule has 0 unspecified atom stereocenters. The highest BCUT2D eigenvalue weighted by Crippen LogP contribution is 2.39. The van der Waals surface area contributed by atoms with E-state index >= 15 is 0 Å². The maximum atomic E-state index is 8.84. The maximum Gasteiger partial charge on any atom is 0.231 e. The largest absolute Gasteiger partial charge is 0.454 e. The fourth-order valence-corrected chi connectivity index (χ4v) is 2.23. The number of rotatable bonds is 4. The Morgan fingerprint density at radius 1 is 1.37 bits per heavy atom. The molecule has 1 aliphatic heterocycles. The highest BCUT2D eigenvalue weighted by molar-refractivity contribution is 6.32. The Balaban J connectivity index is 1.81. The molecule has 0 bridgehead atoms. The molecule has 0 fully saturated rings. The van der Waals surface area contributed by atoms with Crippen LogP contribution >= 0.6 is 11.6 Å². The van der Waals surface area contributed by atoms with Crippen LogP contribution in [0.2, 0.25) is 5.02 Å². The van der Waals surface area contributed by atoms with Gasteiger partial charge in [-0.15, -0.1) is 5.10 Å². The predicted octanol–water partition coefficient (Wildman–Crippen LogP) is 1.24. The zero-order chi connectivity index (χ0) is 13.2. The van der Waals surface area contributed by atoms with E-state index in [1.165, 1.54) is 0 Å². The summed E-state index contributed by atoms with van der Waals surface area (Å²) in [6.45, 7) is 0.797. The van der Waals surface area contributed by atoms with Gasteiger partial charge in [-0.3, -0.25) is 0 Å². The zero-order valence-electron chi connectivity index (χ0n) is 10.0. The van der Waals surface area contributed by atoms with E-state index in [2.05, 4.69) is 10.3 Å². The van der Waals surface area contributed by atoms with Crippen LogP contribution in [0.15, 0.2) is 18.3 Å². The molecule has 0 radical (unpaired) electrons. The van der Waals surface area contributed by atoms with Crippen LogP contribution in [0, 0.1) is 0 Å². The Morgan fingerprint density at radius 2 is 2.26 bits per heavy atom. The van der Waals surface area contributed by atoms with Gasteiger partial charge in [-0.05, 0) is 17.7 Å². The summed E-state index contributed by atoms with van der Waals surface area (Å²) in [6.07, 6.45) is 2.30. The zero-order valence-corrected chi connectivity index (χ0v) is 10.8. The van der Waals surface area contributed by atoms with Crippen molar-refractivity contribution in [2.75, 3.05) is 13.4 Å². The minimum atomic E-state index is 0.0640. The molecule has 0 spiro atoms. The molecule has 1 N–H and O–H groups in total. The van der Waals surface area contributed by atoms with Crippen molar-refractivity contribution in [3.8, 4) is 11.5 Å². The summed E-state index contributed by atoms with van der Waals surface area (Å²) < 4.78 is 12.3. The summed E-state index contributed by atoms with van der Waals surface area (Å²) in [7, 11) is 0. The van der Waals surface area contributed by atoms with Crippen LogP contribution in [0.1, 0.15) is 11.3 Å². The van der Waals surface area contributed by atoms with E-state index in [4.69, 9.17) is 26.2 Å². The number of hydrogen-bond donors (Lipinski definition) is 1. The molecule has 2 aromatic rings. The van der Waals surface area contributed by atoms with Gasteiger partial charge in [-0.2, -0.15) is 0 Å².